The highest BCUT2D eigenvalue weighted by Gasteiger charge is 2.32. The standard InChI is InChI=1S/C15H22N2O2S/c1-19-14(18)12-5-6-13(17-9-12)10-16-11-15(20-2)7-3-4-8-15/h5-6,9,16H,3-4,7-8,10-11H2,1-2H3. The van der Waals surface area contributed by atoms with Crippen molar-refractivity contribution in [2.24, 2.45) is 0 Å². The molecule has 1 N–H and O–H groups in total. The van der Waals surface area contributed by atoms with E-state index in [0.29, 0.717) is 10.3 Å². The molecule has 1 aromatic rings. The van der Waals surface area contributed by atoms with E-state index in [-0.39, 0.29) is 5.97 Å². The molecule has 0 atom stereocenters. The Hall–Kier alpha value is -1.07. The first-order valence-electron chi connectivity index (χ1n) is 6.98. The molecule has 0 amide bonds. The summed E-state index contributed by atoms with van der Waals surface area (Å²) in [6.07, 6.45) is 9.06. The number of rotatable bonds is 6. The second-order valence-electron chi connectivity index (χ2n) is 5.23. The van der Waals surface area contributed by atoms with Gasteiger partial charge >= 0.3 is 5.97 Å². The third kappa shape index (κ3) is 3.73. The van der Waals surface area contributed by atoms with Crippen LogP contribution in [-0.2, 0) is 11.3 Å². The lowest BCUT2D eigenvalue weighted by atomic mass is 10.1. The van der Waals surface area contributed by atoms with Gasteiger partial charge in [0.25, 0.3) is 0 Å². The van der Waals surface area contributed by atoms with E-state index < -0.39 is 0 Å². The van der Waals surface area contributed by atoms with Gasteiger partial charge in [0.1, 0.15) is 0 Å². The van der Waals surface area contributed by atoms with Crippen LogP contribution in [-0.4, -0.2) is 35.6 Å². The lowest BCUT2D eigenvalue weighted by Crippen LogP contribution is -2.34. The Kier molecular flexibility index (Phi) is 5.43. The minimum absolute atomic E-state index is 0.343. The quantitative estimate of drug-likeness (QED) is 0.817. The number of thioether (sulfide) groups is 1. The predicted molar refractivity (Wildman–Crippen MR) is 82.0 cm³/mol. The van der Waals surface area contributed by atoms with Crippen LogP contribution < -0.4 is 5.32 Å². The van der Waals surface area contributed by atoms with Crippen LogP contribution in [0, 0.1) is 0 Å². The molecule has 1 saturated carbocycles. The zero-order valence-electron chi connectivity index (χ0n) is 12.1. The average Bonchev–Trinajstić information content (AvgIpc) is 2.96. The number of aromatic nitrogens is 1. The van der Waals surface area contributed by atoms with Gasteiger partial charge < -0.3 is 10.1 Å². The van der Waals surface area contributed by atoms with Crippen LogP contribution in [0.1, 0.15) is 41.7 Å². The van der Waals surface area contributed by atoms with E-state index in [1.165, 1.54) is 32.8 Å². The van der Waals surface area contributed by atoms with E-state index in [0.717, 1.165) is 18.8 Å². The van der Waals surface area contributed by atoms with Crippen molar-refractivity contribution in [1.82, 2.24) is 10.3 Å². The molecule has 0 radical (unpaired) electrons. The highest BCUT2D eigenvalue weighted by atomic mass is 32.2. The predicted octanol–water partition coefficient (Wildman–Crippen LogP) is 2.63. The van der Waals surface area contributed by atoms with Crippen LogP contribution in [0.2, 0.25) is 0 Å². The van der Waals surface area contributed by atoms with Gasteiger partial charge in [-0.2, -0.15) is 11.8 Å². The number of carbonyl (C=O) groups is 1. The number of pyridine rings is 1. The average molecular weight is 294 g/mol. The summed E-state index contributed by atoms with van der Waals surface area (Å²) in [6, 6.07) is 3.63. The minimum Gasteiger partial charge on any atom is -0.465 e. The molecule has 110 valence electrons. The Bertz CT molecular complexity index is 442. The molecule has 1 aliphatic carbocycles. The lowest BCUT2D eigenvalue weighted by Gasteiger charge is -2.27. The number of ether oxygens (including phenoxy) is 1. The van der Waals surface area contributed by atoms with Crippen molar-refractivity contribution in [3.8, 4) is 0 Å². The molecule has 0 spiro atoms. The number of nitrogens with one attached hydrogen (secondary N) is 1. The molecule has 1 fully saturated rings. The van der Waals surface area contributed by atoms with Crippen molar-refractivity contribution in [3.05, 3.63) is 29.6 Å². The number of carbonyl (C=O) groups excluding carboxylic acids is 1. The molecule has 4 nitrogen and oxygen atoms in total. The molecule has 0 saturated heterocycles. The summed E-state index contributed by atoms with van der Waals surface area (Å²) in [5.41, 5.74) is 1.44. The fraction of sp³-hybridized carbons (Fsp3) is 0.600. The van der Waals surface area contributed by atoms with Gasteiger partial charge in [-0.15, -0.1) is 0 Å². The third-order valence-corrected chi connectivity index (χ3v) is 5.37. The van der Waals surface area contributed by atoms with E-state index >= 15 is 0 Å². The molecule has 20 heavy (non-hydrogen) atoms. The first kappa shape index (κ1) is 15.3. The Balaban J connectivity index is 1.83. The number of nitrogens with zero attached hydrogens (tertiary/aromatic N) is 1. The number of methoxy groups -OCH3 is 1. The maximum atomic E-state index is 11.3. The third-order valence-electron chi connectivity index (χ3n) is 3.95. The molecule has 1 aliphatic rings. The molecule has 0 bridgehead atoms. The second-order valence-corrected chi connectivity index (χ2v) is 6.50. The Morgan fingerprint density at radius 2 is 2.20 bits per heavy atom. The topological polar surface area (TPSA) is 51.2 Å². The van der Waals surface area contributed by atoms with Gasteiger partial charge in [-0.05, 0) is 31.2 Å². The summed E-state index contributed by atoms with van der Waals surface area (Å²) < 4.78 is 5.06. The Morgan fingerprint density at radius 3 is 2.75 bits per heavy atom. The van der Waals surface area contributed by atoms with Gasteiger partial charge in [-0.1, -0.05) is 12.8 Å². The molecule has 1 heterocycles. The Morgan fingerprint density at radius 1 is 1.45 bits per heavy atom. The second kappa shape index (κ2) is 7.09. The molecule has 5 heteroatoms. The summed E-state index contributed by atoms with van der Waals surface area (Å²) in [5, 5.41) is 3.50. The van der Waals surface area contributed by atoms with Crippen molar-refractivity contribution in [1.29, 1.82) is 0 Å². The van der Waals surface area contributed by atoms with Gasteiger partial charge in [0, 0.05) is 24.0 Å². The molecular weight excluding hydrogens is 272 g/mol. The summed E-state index contributed by atoms with van der Waals surface area (Å²) in [4.78, 5) is 15.6. The number of esters is 1. The largest absolute Gasteiger partial charge is 0.465 e. The van der Waals surface area contributed by atoms with Crippen molar-refractivity contribution < 1.29 is 9.53 Å². The number of hydrogen-bond donors (Lipinski definition) is 1. The maximum Gasteiger partial charge on any atom is 0.339 e. The van der Waals surface area contributed by atoms with Gasteiger partial charge in [-0.3, -0.25) is 4.98 Å². The van der Waals surface area contributed by atoms with E-state index in [4.69, 9.17) is 0 Å². The van der Waals surface area contributed by atoms with E-state index in [9.17, 15) is 4.79 Å². The smallest absolute Gasteiger partial charge is 0.339 e. The van der Waals surface area contributed by atoms with Crippen LogP contribution in [0.4, 0.5) is 0 Å². The number of hydrogen-bond acceptors (Lipinski definition) is 5. The van der Waals surface area contributed by atoms with Crippen LogP contribution in [0.5, 0.6) is 0 Å². The van der Waals surface area contributed by atoms with Gasteiger partial charge in [-0.25, -0.2) is 4.79 Å². The zero-order chi connectivity index (χ0) is 14.4. The van der Waals surface area contributed by atoms with E-state index in [2.05, 4.69) is 21.3 Å². The molecule has 2 rings (SSSR count). The van der Waals surface area contributed by atoms with E-state index in [1.54, 1.807) is 12.3 Å². The van der Waals surface area contributed by atoms with Crippen molar-refractivity contribution >= 4 is 17.7 Å². The molecule has 0 aliphatic heterocycles. The van der Waals surface area contributed by atoms with Crippen molar-refractivity contribution in [2.75, 3.05) is 19.9 Å². The van der Waals surface area contributed by atoms with Crippen molar-refractivity contribution in [3.63, 3.8) is 0 Å². The van der Waals surface area contributed by atoms with Gasteiger partial charge in [0.05, 0.1) is 18.4 Å². The molecule has 0 unspecified atom stereocenters. The summed E-state index contributed by atoms with van der Waals surface area (Å²) >= 11 is 1.98. The summed E-state index contributed by atoms with van der Waals surface area (Å²) in [5.74, 6) is -0.343. The normalized spacial score (nSPS) is 17.1. The van der Waals surface area contributed by atoms with Gasteiger partial charge in [0.15, 0.2) is 0 Å². The maximum absolute atomic E-state index is 11.3. The van der Waals surface area contributed by atoms with Crippen LogP contribution in [0.3, 0.4) is 0 Å². The fourth-order valence-electron chi connectivity index (χ4n) is 2.66. The van der Waals surface area contributed by atoms with Gasteiger partial charge in [0.2, 0.25) is 0 Å². The SMILES string of the molecule is COC(=O)c1ccc(CNCC2(SC)CCCC2)nc1. The van der Waals surface area contributed by atoms with Crippen LogP contribution >= 0.6 is 11.8 Å². The lowest BCUT2D eigenvalue weighted by molar-refractivity contribution is 0.0600. The molecular formula is C15H22N2O2S. The first-order chi connectivity index (χ1) is 9.69. The van der Waals surface area contributed by atoms with E-state index in [1.807, 2.05) is 17.8 Å². The highest BCUT2D eigenvalue weighted by Crippen LogP contribution is 2.39. The highest BCUT2D eigenvalue weighted by molar-refractivity contribution is 8.00. The Labute approximate surface area is 124 Å². The summed E-state index contributed by atoms with van der Waals surface area (Å²) in [7, 11) is 1.38. The monoisotopic (exact) mass is 294 g/mol. The summed E-state index contributed by atoms with van der Waals surface area (Å²) in [6.45, 7) is 1.76. The first-order valence-corrected chi connectivity index (χ1v) is 8.21. The van der Waals surface area contributed by atoms with Crippen LogP contribution in [0.15, 0.2) is 18.3 Å². The minimum atomic E-state index is -0.343. The van der Waals surface area contributed by atoms with Crippen molar-refractivity contribution in [2.45, 2.75) is 37.0 Å². The van der Waals surface area contributed by atoms with Crippen LogP contribution in [0.25, 0.3) is 0 Å². The molecule has 0 aromatic carbocycles. The zero-order valence-corrected chi connectivity index (χ0v) is 13.0. The fourth-order valence-corrected chi connectivity index (χ4v) is 3.60. The molecule has 1 aromatic heterocycles.